The number of aldehydes is 1. The van der Waals surface area contributed by atoms with E-state index in [0.717, 1.165) is 0 Å². The second-order valence-corrected chi connectivity index (χ2v) is 6.89. The first-order chi connectivity index (χ1) is 11.7. The lowest BCUT2D eigenvalue weighted by Gasteiger charge is -2.28. The summed E-state index contributed by atoms with van der Waals surface area (Å²) >= 11 is 0. The Hall–Kier alpha value is -2.82. The summed E-state index contributed by atoms with van der Waals surface area (Å²) in [4.78, 5) is 23.7. The summed E-state index contributed by atoms with van der Waals surface area (Å²) in [6.07, 6.45) is 0.0231. The van der Waals surface area contributed by atoms with E-state index >= 15 is 0 Å². The molecular weight excluding hydrogens is 318 g/mol. The highest BCUT2D eigenvalue weighted by atomic mass is 16.6. The molecule has 25 heavy (non-hydrogen) atoms. The summed E-state index contributed by atoms with van der Waals surface area (Å²) in [6, 6.07) is 16.4. The van der Waals surface area contributed by atoms with Crippen molar-refractivity contribution in [1.82, 2.24) is 5.32 Å². The van der Waals surface area contributed by atoms with Gasteiger partial charge >= 0.3 is 6.09 Å². The summed E-state index contributed by atoms with van der Waals surface area (Å²) in [5.74, 6) is 1.26. The molecule has 5 heteroatoms. The lowest BCUT2D eigenvalue weighted by molar-refractivity contribution is -0.113. The standard InChI is InChI=1S/C20H23NO4/c1-19(2,3)25-18(23)21-20(4,14-22)15-9-8-12-17(13-15)24-16-10-6-5-7-11-16/h5-14H,1-4H3,(H,21,23). The minimum Gasteiger partial charge on any atom is -0.457 e. The maximum Gasteiger partial charge on any atom is 0.408 e. The van der Waals surface area contributed by atoms with E-state index in [4.69, 9.17) is 9.47 Å². The molecule has 1 N–H and O–H groups in total. The van der Waals surface area contributed by atoms with Crippen molar-refractivity contribution in [1.29, 1.82) is 0 Å². The van der Waals surface area contributed by atoms with Crippen LogP contribution in [0.25, 0.3) is 0 Å². The van der Waals surface area contributed by atoms with Gasteiger partial charge in [-0.3, -0.25) is 0 Å². The number of ether oxygens (including phenoxy) is 2. The van der Waals surface area contributed by atoms with Crippen LogP contribution in [-0.4, -0.2) is 18.0 Å². The highest BCUT2D eigenvalue weighted by Crippen LogP contribution is 2.27. The van der Waals surface area contributed by atoms with Crippen LogP contribution in [0.5, 0.6) is 11.5 Å². The lowest BCUT2D eigenvalue weighted by Crippen LogP contribution is -2.46. The van der Waals surface area contributed by atoms with Crippen molar-refractivity contribution in [2.24, 2.45) is 0 Å². The molecule has 1 unspecified atom stereocenters. The molecule has 5 nitrogen and oxygen atoms in total. The van der Waals surface area contributed by atoms with Crippen molar-refractivity contribution in [3.05, 3.63) is 60.2 Å². The molecule has 0 fully saturated rings. The average Bonchev–Trinajstić information content (AvgIpc) is 2.54. The van der Waals surface area contributed by atoms with Crippen LogP contribution in [-0.2, 0) is 15.1 Å². The van der Waals surface area contributed by atoms with Crippen LogP contribution in [0, 0.1) is 0 Å². The molecule has 0 spiro atoms. The Morgan fingerprint density at radius 1 is 0.960 bits per heavy atom. The summed E-state index contributed by atoms with van der Waals surface area (Å²) in [5.41, 5.74) is -1.27. The van der Waals surface area contributed by atoms with Gasteiger partial charge in [0.05, 0.1) is 0 Å². The van der Waals surface area contributed by atoms with E-state index in [1.165, 1.54) is 0 Å². The monoisotopic (exact) mass is 341 g/mol. The van der Waals surface area contributed by atoms with E-state index in [9.17, 15) is 9.59 Å². The van der Waals surface area contributed by atoms with Gasteiger partial charge in [0.1, 0.15) is 28.9 Å². The van der Waals surface area contributed by atoms with E-state index in [2.05, 4.69) is 5.32 Å². The molecule has 2 aromatic carbocycles. The zero-order chi connectivity index (χ0) is 18.5. The molecule has 0 saturated heterocycles. The van der Waals surface area contributed by atoms with Crippen molar-refractivity contribution in [2.45, 2.75) is 38.8 Å². The van der Waals surface area contributed by atoms with E-state index in [1.807, 2.05) is 30.3 Å². The fourth-order valence-electron chi connectivity index (χ4n) is 2.19. The van der Waals surface area contributed by atoms with Gasteiger partial charge in [0.2, 0.25) is 0 Å². The molecule has 0 aromatic heterocycles. The molecule has 132 valence electrons. The molecule has 2 rings (SSSR count). The number of nitrogens with one attached hydrogen (secondary N) is 1. The molecule has 0 aliphatic carbocycles. The van der Waals surface area contributed by atoms with Crippen LogP contribution in [0.4, 0.5) is 4.79 Å². The Labute approximate surface area is 148 Å². The van der Waals surface area contributed by atoms with Gasteiger partial charge in [0.25, 0.3) is 0 Å². The van der Waals surface area contributed by atoms with Crippen LogP contribution in [0.1, 0.15) is 33.3 Å². The third kappa shape index (κ3) is 5.35. The second-order valence-electron chi connectivity index (χ2n) is 6.89. The molecule has 1 amide bonds. The van der Waals surface area contributed by atoms with Crippen molar-refractivity contribution >= 4 is 12.4 Å². The second kappa shape index (κ2) is 7.38. The van der Waals surface area contributed by atoms with E-state index in [0.29, 0.717) is 23.3 Å². The highest BCUT2D eigenvalue weighted by Gasteiger charge is 2.31. The highest BCUT2D eigenvalue weighted by molar-refractivity contribution is 5.78. The van der Waals surface area contributed by atoms with Gasteiger partial charge in [0.15, 0.2) is 0 Å². The zero-order valence-electron chi connectivity index (χ0n) is 14.9. The van der Waals surface area contributed by atoms with Crippen LogP contribution >= 0.6 is 0 Å². The number of rotatable bonds is 5. The number of carbonyl (C=O) groups excluding carboxylic acids is 2. The normalized spacial score (nSPS) is 13.4. The Balaban J connectivity index is 2.20. The summed E-state index contributed by atoms with van der Waals surface area (Å²) < 4.78 is 11.0. The quantitative estimate of drug-likeness (QED) is 0.818. The average molecular weight is 341 g/mol. The lowest BCUT2D eigenvalue weighted by atomic mass is 9.93. The SMILES string of the molecule is CC(C)(C)OC(=O)NC(C)(C=O)c1cccc(Oc2ccccc2)c1. The molecule has 2 aromatic rings. The molecule has 0 aliphatic heterocycles. The first-order valence-corrected chi connectivity index (χ1v) is 8.03. The van der Waals surface area contributed by atoms with Crippen molar-refractivity contribution < 1.29 is 19.1 Å². The van der Waals surface area contributed by atoms with E-state index in [1.54, 1.807) is 52.0 Å². The first kappa shape index (κ1) is 18.5. The third-order valence-corrected chi connectivity index (χ3v) is 3.41. The van der Waals surface area contributed by atoms with Crippen LogP contribution in [0.15, 0.2) is 54.6 Å². The molecular formula is C20H23NO4. The maximum atomic E-state index is 12.1. The Morgan fingerprint density at radius 2 is 1.60 bits per heavy atom. The number of hydrogen-bond acceptors (Lipinski definition) is 4. The molecule has 0 radical (unpaired) electrons. The van der Waals surface area contributed by atoms with Gasteiger partial charge in [0, 0.05) is 0 Å². The van der Waals surface area contributed by atoms with Gasteiger partial charge in [-0.1, -0.05) is 30.3 Å². The van der Waals surface area contributed by atoms with Gasteiger partial charge in [-0.05, 0) is 57.5 Å². The van der Waals surface area contributed by atoms with E-state index in [-0.39, 0.29) is 0 Å². The number of para-hydroxylation sites is 1. The first-order valence-electron chi connectivity index (χ1n) is 8.03. The van der Waals surface area contributed by atoms with Gasteiger partial charge in [-0.2, -0.15) is 0 Å². The molecule has 1 atom stereocenters. The fourth-order valence-corrected chi connectivity index (χ4v) is 2.19. The predicted octanol–water partition coefficient (Wildman–Crippen LogP) is 4.42. The minimum absolute atomic E-state index is 0.572. The Kier molecular flexibility index (Phi) is 5.47. The number of amides is 1. The van der Waals surface area contributed by atoms with Gasteiger partial charge in [-0.15, -0.1) is 0 Å². The summed E-state index contributed by atoms with van der Waals surface area (Å²) in [6.45, 7) is 6.91. The molecule has 0 bridgehead atoms. The minimum atomic E-state index is -1.22. The van der Waals surface area contributed by atoms with Crippen molar-refractivity contribution in [3.8, 4) is 11.5 Å². The van der Waals surface area contributed by atoms with Gasteiger partial charge < -0.3 is 19.6 Å². The number of benzene rings is 2. The van der Waals surface area contributed by atoms with E-state index < -0.39 is 17.2 Å². The Bertz CT molecular complexity index is 737. The van der Waals surface area contributed by atoms with Crippen LogP contribution < -0.4 is 10.1 Å². The molecule has 0 aliphatic rings. The van der Waals surface area contributed by atoms with Gasteiger partial charge in [-0.25, -0.2) is 4.79 Å². The maximum absolute atomic E-state index is 12.1. The molecule has 0 heterocycles. The van der Waals surface area contributed by atoms with Crippen molar-refractivity contribution in [2.75, 3.05) is 0 Å². The smallest absolute Gasteiger partial charge is 0.408 e. The largest absolute Gasteiger partial charge is 0.457 e. The van der Waals surface area contributed by atoms with Crippen LogP contribution in [0.2, 0.25) is 0 Å². The van der Waals surface area contributed by atoms with Crippen molar-refractivity contribution in [3.63, 3.8) is 0 Å². The topological polar surface area (TPSA) is 64.6 Å². The third-order valence-electron chi connectivity index (χ3n) is 3.41. The number of alkyl carbamates (subject to hydrolysis) is 1. The summed E-state index contributed by atoms with van der Waals surface area (Å²) in [7, 11) is 0. The van der Waals surface area contributed by atoms with Crippen LogP contribution in [0.3, 0.4) is 0 Å². The number of hydrogen-bond donors (Lipinski definition) is 1. The number of carbonyl (C=O) groups is 2. The Morgan fingerprint density at radius 3 is 2.20 bits per heavy atom. The zero-order valence-corrected chi connectivity index (χ0v) is 14.9. The predicted molar refractivity (Wildman–Crippen MR) is 95.7 cm³/mol. The summed E-state index contributed by atoms with van der Waals surface area (Å²) in [5, 5.41) is 2.62. The molecule has 0 saturated carbocycles. The fraction of sp³-hybridized carbons (Fsp3) is 0.300.